The van der Waals surface area contributed by atoms with Crippen LogP contribution in [-0.4, -0.2) is 43.7 Å². The second-order valence-corrected chi connectivity index (χ2v) is 5.13. The van der Waals surface area contributed by atoms with Crippen molar-refractivity contribution in [3.8, 4) is 0 Å². The Morgan fingerprint density at radius 1 is 1.43 bits per heavy atom. The summed E-state index contributed by atoms with van der Waals surface area (Å²) in [5, 5.41) is 2.95. The predicted octanol–water partition coefficient (Wildman–Crippen LogP) is 1.83. The fraction of sp³-hybridized carbons (Fsp3) is 0.562. The van der Waals surface area contributed by atoms with Crippen LogP contribution in [-0.2, 0) is 16.1 Å². The highest BCUT2D eigenvalue weighted by atomic mass is 16.5. The van der Waals surface area contributed by atoms with Crippen molar-refractivity contribution in [3.63, 3.8) is 0 Å². The Bertz CT molecular complexity index is 437. The first kappa shape index (κ1) is 17.6. The molecule has 1 aromatic carbocycles. The van der Waals surface area contributed by atoms with E-state index in [9.17, 15) is 4.79 Å². The van der Waals surface area contributed by atoms with Gasteiger partial charge < -0.3 is 15.8 Å². The second kappa shape index (κ2) is 9.50. The Labute approximate surface area is 127 Å². The molecule has 0 radical (unpaired) electrons. The van der Waals surface area contributed by atoms with E-state index in [4.69, 9.17) is 10.5 Å². The summed E-state index contributed by atoms with van der Waals surface area (Å²) >= 11 is 0. The van der Waals surface area contributed by atoms with Crippen molar-refractivity contribution in [1.29, 1.82) is 0 Å². The minimum Gasteiger partial charge on any atom is -0.383 e. The lowest BCUT2D eigenvalue weighted by Crippen LogP contribution is -2.41. The van der Waals surface area contributed by atoms with E-state index < -0.39 is 0 Å². The maximum Gasteiger partial charge on any atom is 0.238 e. The third-order valence-electron chi connectivity index (χ3n) is 3.65. The van der Waals surface area contributed by atoms with E-state index in [-0.39, 0.29) is 5.91 Å². The Hall–Kier alpha value is -1.43. The zero-order chi connectivity index (χ0) is 15.7. The third kappa shape index (κ3) is 5.83. The maximum absolute atomic E-state index is 12.2. The van der Waals surface area contributed by atoms with E-state index in [1.807, 2.05) is 24.3 Å². The molecule has 5 nitrogen and oxygen atoms in total. The van der Waals surface area contributed by atoms with Gasteiger partial charge in [-0.05, 0) is 25.0 Å². The van der Waals surface area contributed by atoms with Crippen LogP contribution in [0.2, 0.25) is 0 Å². The van der Waals surface area contributed by atoms with E-state index in [0.29, 0.717) is 25.7 Å². The lowest BCUT2D eigenvalue weighted by atomic mass is 10.1. The first-order chi connectivity index (χ1) is 10.1. The summed E-state index contributed by atoms with van der Waals surface area (Å²) in [5.41, 5.74) is 7.42. The quantitative estimate of drug-likeness (QED) is 0.729. The minimum atomic E-state index is -0.0210. The number of methoxy groups -OCH3 is 1. The number of carbonyl (C=O) groups excluding carboxylic acids is 1. The second-order valence-electron chi connectivity index (χ2n) is 5.13. The normalized spacial score (nSPS) is 12.4. The molecular weight excluding hydrogens is 266 g/mol. The zero-order valence-electron chi connectivity index (χ0n) is 13.3. The number of hydrogen-bond donors (Lipinski definition) is 2. The van der Waals surface area contributed by atoms with E-state index in [1.54, 1.807) is 7.11 Å². The van der Waals surface area contributed by atoms with Crippen LogP contribution in [0.4, 0.5) is 5.69 Å². The average Bonchev–Trinajstić information content (AvgIpc) is 2.51. The molecule has 1 rings (SSSR count). The maximum atomic E-state index is 12.2. The number of benzene rings is 1. The van der Waals surface area contributed by atoms with Gasteiger partial charge in [0.15, 0.2) is 0 Å². The Morgan fingerprint density at radius 3 is 2.76 bits per heavy atom. The summed E-state index contributed by atoms with van der Waals surface area (Å²) in [7, 11) is 1.67. The molecule has 0 bridgehead atoms. The largest absolute Gasteiger partial charge is 0.383 e. The molecule has 0 aliphatic heterocycles. The van der Waals surface area contributed by atoms with E-state index in [2.05, 4.69) is 24.1 Å². The third-order valence-corrected chi connectivity index (χ3v) is 3.65. The van der Waals surface area contributed by atoms with Crippen molar-refractivity contribution in [2.45, 2.75) is 32.9 Å². The van der Waals surface area contributed by atoms with Crippen LogP contribution in [0.1, 0.15) is 25.8 Å². The highest BCUT2D eigenvalue weighted by molar-refractivity contribution is 5.93. The van der Waals surface area contributed by atoms with Crippen molar-refractivity contribution in [1.82, 2.24) is 4.90 Å². The Balaban J connectivity index is 2.64. The molecule has 1 aromatic rings. The minimum absolute atomic E-state index is 0.0210. The number of para-hydroxylation sites is 1. The topological polar surface area (TPSA) is 67.6 Å². The molecule has 21 heavy (non-hydrogen) atoms. The fourth-order valence-corrected chi connectivity index (χ4v) is 2.12. The number of carbonyl (C=O) groups is 1. The molecule has 0 heterocycles. The number of hydrogen-bond acceptors (Lipinski definition) is 4. The van der Waals surface area contributed by atoms with Gasteiger partial charge in [0.1, 0.15) is 0 Å². The molecule has 0 saturated heterocycles. The van der Waals surface area contributed by atoms with Crippen molar-refractivity contribution >= 4 is 11.6 Å². The first-order valence-corrected chi connectivity index (χ1v) is 7.43. The molecule has 1 amide bonds. The first-order valence-electron chi connectivity index (χ1n) is 7.43. The summed E-state index contributed by atoms with van der Waals surface area (Å²) in [4.78, 5) is 14.4. The number of nitrogens with one attached hydrogen (secondary N) is 1. The van der Waals surface area contributed by atoms with Gasteiger partial charge in [-0.3, -0.25) is 9.69 Å². The van der Waals surface area contributed by atoms with Gasteiger partial charge in [-0.2, -0.15) is 0 Å². The van der Waals surface area contributed by atoms with Crippen LogP contribution in [0, 0.1) is 0 Å². The summed E-state index contributed by atoms with van der Waals surface area (Å²) < 4.78 is 5.11. The monoisotopic (exact) mass is 293 g/mol. The van der Waals surface area contributed by atoms with Gasteiger partial charge in [-0.1, -0.05) is 25.1 Å². The van der Waals surface area contributed by atoms with Crippen molar-refractivity contribution in [2.75, 3.05) is 32.1 Å². The van der Waals surface area contributed by atoms with Gasteiger partial charge in [0.05, 0.1) is 13.2 Å². The Morgan fingerprint density at radius 2 is 2.14 bits per heavy atom. The molecule has 0 spiro atoms. The molecule has 0 fully saturated rings. The predicted molar refractivity (Wildman–Crippen MR) is 86.2 cm³/mol. The molecular formula is C16H27N3O2. The number of nitrogens with zero attached hydrogens (tertiary/aromatic N) is 1. The van der Waals surface area contributed by atoms with Crippen molar-refractivity contribution < 1.29 is 9.53 Å². The number of anilines is 1. The number of nitrogens with two attached hydrogens (primary N) is 1. The fourth-order valence-electron chi connectivity index (χ4n) is 2.12. The zero-order valence-corrected chi connectivity index (χ0v) is 13.3. The van der Waals surface area contributed by atoms with E-state index in [1.165, 1.54) is 0 Å². The van der Waals surface area contributed by atoms with E-state index in [0.717, 1.165) is 24.2 Å². The van der Waals surface area contributed by atoms with Gasteiger partial charge >= 0.3 is 0 Å². The molecule has 3 N–H and O–H groups in total. The molecule has 1 atom stereocenters. The standard InChI is InChI=1S/C16H27N3O2/c1-4-13(2)19(9-10-21-3)12-16(20)18-15-8-6-5-7-14(15)11-17/h5-8,13H,4,9-12,17H2,1-3H3,(H,18,20). The lowest BCUT2D eigenvalue weighted by molar-refractivity contribution is -0.118. The van der Waals surface area contributed by atoms with E-state index >= 15 is 0 Å². The summed E-state index contributed by atoms with van der Waals surface area (Å²) in [6, 6.07) is 7.96. The summed E-state index contributed by atoms with van der Waals surface area (Å²) in [6.07, 6.45) is 0.996. The number of rotatable bonds is 9. The van der Waals surface area contributed by atoms with Crippen LogP contribution in [0.25, 0.3) is 0 Å². The van der Waals surface area contributed by atoms with Crippen LogP contribution in [0.3, 0.4) is 0 Å². The SMILES string of the molecule is CCC(C)N(CCOC)CC(=O)Nc1ccccc1CN. The number of ether oxygens (including phenoxy) is 1. The lowest BCUT2D eigenvalue weighted by Gasteiger charge is -2.27. The molecule has 0 saturated carbocycles. The van der Waals surface area contributed by atoms with Gasteiger partial charge in [-0.15, -0.1) is 0 Å². The highest BCUT2D eigenvalue weighted by Crippen LogP contribution is 2.14. The van der Waals surface area contributed by atoms with Crippen molar-refractivity contribution in [3.05, 3.63) is 29.8 Å². The Kier molecular flexibility index (Phi) is 7.97. The van der Waals surface area contributed by atoms with Crippen LogP contribution < -0.4 is 11.1 Å². The van der Waals surface area contributed by atoms with Gasteiger partial charge in [0, 0.05) is 31.9 Å². The summed E-state index contributed by atoms with van der Waals surface area (Å²) in [6.45, 7) is 6.38. The van der Waals surface area contributed by atoms with Gasteiger partial charge in [-0.25, -0.2) is 0 Å². The molecule has 5 heteroatoms. The molecule has 1 unspecified atom stereocenters. The van der Waals surface area contributed by atoms with Gasteiger partial charge in [0.25, 0.3) is 0 Å². The van der Waals surface area contributed by atoms with Crippen LogP contribution >= 0.6 is 0 Å². The average molecular weight is 293 g/mol. The molecule has 0 aliphatic carbocycles. The van der Waals surface area contributed by atoms with Crippen LogP contribution in [0.5, 0.6) is 0 Å². The van der Waals surface area contributed by atoms with Gasteiger partial charge in [0.2, 0.25) is 5.91 Å². The van der Waals surface area contributed by atoms with Crippen molar-refractivity contribution in [2.24, 2.45) is 5.73 Å². The molecule has 0 aromatic heterocycles. The smallest absolute Gasteiger partial charge is 0.238 e. The molecule has 0 aliphatic rings. The summed E-state index contributed by atoms with van der Waals surface area (Å²) in [5.74, 6) is -0.0210. The molecule has 118 valence electrons. The number of amides is 1. The van der Waals surface area contributed by atoms with Crippen LogP contribution in [0.15, 0.2) is 24.3 Å². The highest BCUT2D eigenvalue weighted by Gasteiger charge is 2.16.